The number of carbonyl (C=O) groups is 4. The summed E-state index contributed by atoms with van der Waals surface area (Å²) in [6.07, 6.45) is 1.61. The van der Waals surface area contributed by atoms with Gasteiger partial charge in [0, 0.05) is 6.54 Å². The Morgan fingerprint density at radius 2 is 1.52 bits per heavy atom. The maximum atomic E-state index is 13.4. The second-order valence-electron chi connectivity index (χ2n) is 11.0. The molecule has 9 nitrogen and oxygen atoms in total. The van der Waals surface area contributed by atoms with E-state index in [2.05, 4.69) is 21.3 Å². The van der Waals surface area contributed by atoms with Crippen LogP contribution in [0, 0.1) is 0 Å². The average Bonchev–Trinajstić information content (AvgIpc) is 2.98. The van der Waals surface area contributed by atoms with Gasteiger partial charge in [-0.3, -0.25) is 19.2 Å². The zero-order valence-corrected chi connectivity index (χ0v) is 24.0. The third kappa shape index (κ3) is 8.67. The van der Waals surface area contributed by atoms with Gasteiger partial charge < -0.3 is 26.0 Å². The molecule has 9 heteroatoms. The van der Waals surface area contributed by atoms with Crippen LogP contribution in [-0.4, -0.2) is 54.4 Å². The van der Waals surface area contributed by atoms with E-state index in [4.69, 9.17) is 4.74 Å². The fourth-order valence-electron chi connectivity index (χ4n) is 4.75. The molecule has 0 saturated heterocycles. The van der Waals surface area contributed by atoms with Crippen molar-refractivity contribution >= 4 is 23.6 Å². The van der Waals surface area contributed by atoms with Gasteiger partial charge in [0.25, 0.3) is 5.91 Å². The number of benzene rings is 3. The molecule has 0 bridgehead atoms. The first kappa shape index (κ1) is 30.3. The minimum Gasteiger partial charge on any atom is -0.491 e. The van der Waals surface area contributed by atoms with Crippen LogP contribution in [0.4, 0.5) is 0 Å². The van der Waals surface area contributed by atoms with Crippen LogP contribution in [0.3, 0.4) is 0 Å². The van der Waals surface area contributed by atoms with Crippen molar-refractivity contribution in [3.05, 3.63) is 102 Å². The second kappa shape index (κ2) is 14.3. The molecule has 0 spiro atoms. The Kier molecular flexibility index (Phi) is 10.3. The van der Waals surface area contributed by atoms with Gasteiger partial charge in [0.1, 0.15) is 23.9 Å². The van der Waals surface area contributed by atoms with Crippen molar-refractivity contribution in [3.63, 3.8) is 0 Å². The molecule has 0 radical (unpaired) electrons. The van der Waals surface area contributed by atoms with E-state index in [0.29, 0.717) is 25.1 Å². The summed E-state index contributed by atoms with van der Waals surface area (Å²) in [7, 11) is 0. The van der Waals surface area contributed by atoms with Gasteiger partial charge in [0.15, 0.2) is 0 Å². The average molecular weight is 571 g/mol. The molecule has 4 amide bonds. The van der Waals surface area contributed by atoms with E-state index in [1.165, 1.54) is 0 Å². The van der Waals surface area contributed by atoms with E-state index in [1.54, 1.807) is 38.1 Å². The van der Waals surface area contributed by atoms with Gasteiger partial charge in [-0.25, -0.2) is 0 Å². The molecule has 4 N–H and O–H groups in total. The molecule has 0 aromatic heterocycles. The Morgan fingerprint density at radius 3 is 2.24 bits per heavy atom. The summed E-state index contributed by atoms with van der Waals surface area (Å²) >= 11 is 0. The first-order valence-corrected chi connectivity index (χ1v) is 14.2. The predicted octanol–water partition coefficient (Wildman–Crippen LogP) is 2.94. The lowest BCUT2D eigenvalue weighted by molar-refractivity contribution is -0.134. The van der Waals surface area contributed by atoms with Gasteiger partial charge >= 0.3 is 0 Å². The molecule has 1 aliphatic rings. The van der Waals surface area contributed by atoms with Gasteiger partial charge in [-0.2, -0.15) is 0 Å². The van der Waals surface area contributed by atoms with Crippen molar-refractivity contribution in [2.24, 2.45) is 0 Å². The molecule has 2 atom stereocenters. The molecule has 3 aromatic carbocycles. The first-order chi connectivity index (χ1) is 20.2. The second-order valence-corrected chi connectivity index (χ2v) is 11.0. The Balaban J connectivity index is 1.52. The minimum atomic E-state index is -1.28. The highest BCUT2D eigenvalue weighted by atomic mass is 16.5. The summed E-state index contributed by atoms with van der Waals surface area (Å²) in [5.41, 5.74) is 1.09. The summed E-state index contributed by atoms with van der Waals surface area (Å²) in [5, 5.41) is 11.3. The van der Waals surface area contributed by atoms with E-state index in [9.17, 15) is 19.2 Å². The number of para-hydroxylation sites is 1. The zero-order valence-electron chi connectivity index (χ0n) is 24.0. The van der Waals surface area contributed by atoms with Crippen molar-refractivity contribution in [2.45, 2.75) is 57.2 Å². The number of carbonyl (C=O) groups excluding carboxylic acids is 4. The topological polar surface area (TPSA) is 126 Å². The van der Waals surface area contributed by atoms with Crippen LogP contribution in [0.1, 0.15) is 48.2 Å². The molecule has 1 aliphatic heterocycles. The van der Waals surface area contributed by atoms with Crippen LogP contribution in [0.2, 0.25) is 0 Å². The van der Waals surface area contributed by atoms with Crippen molar-refractivity contribution in [1.29, 1.82) is 0 Å². The summed E-state index contributed by atoms with van der Waals surface area (Å²) < 4.78 is 6.08. The van der Waals surface area contributed by atoms with E-state index >= 15 is 0 Å². The van der Waals surface area contributed by atoms with E-state index in [0.717, 1.165) is 17.5 Å². The van der Waals surface area contributed by atoms with E-state index in [-0.39, 0.29) is 18.6 Å². The van der Waals surface area contributed by atoms with Crippen LogP contribution in [0.25, 0.3) is 0 Å². The van der Waals surface area contributed by atoms with Crippen molar-refractivity contribution < 1.29 is 23.9 Å². The third-order valence-electron chi connectivity index (χ3n) is 7.05. The smallest absolute Gasteiger partial charge is 0.255 e. The molecule has 220 valence electrons. The maximum Gasteiger partial charge on any atom is 0.255 e. The number of rotatable bonds is 7. The lowest BCUT2D eigenvalue weighted by atomic mass is 10.0. The molecule has 0 fully saturated rings. The monoisotopic (exact) mass is 570 g/mol. The normalized spacial score (nSPS) is 19.1. The van der Waals surface area contributed by atoms with Gasteiger partial charge in [0.05, 0.1) is 18.0 Å². The molecule has 0 saturated carbocycles. The Labute approximate surface area is 246 Å². The highest BCUT2D eigenvalue weighted by molar-refractivity contribution is 6.01. The number of aryl methyl sites for hydroxylation is 1. The summed E-state index contributed by atoms with van der Waals surface area (Å²) in [4.78, 5) is 53.0. The van der Waals surface area contributed by atoms with E-state index < -0.39 is 41.3 Å². The number of nitrogens with one attached hydrogen (secondary N) is 4. The molecule has 1 heterocycles. The van der Waals surface area contributed by atoms with Crippen LogP contribution >= 0.6 is 0 Å². The zero-order chi connectivity index (χ0) is 30.0. The Hall–Kier alpha value is -4.66. The maximum absolute atomic E-state index is 13.4. The minimum absolute atomic E-state index is 0.0836. The highest BCUT2D eigenvalue weighted by Gasteiger charge is 2.34. The fraction of sp³-hybridized carbons (Fsp3) is 0.333. The van der Waals surface area contributed by atoms with Crippen molar-refractivity contribution in [1.82, 2.24) is 21.3 Å². The fourth-order valence-corrected chi connectivity index (χ4v) is 4.75. The van der Waals surface area contributed by atoms with Crippen molar-refractivity contribution in [3.8, 4) is 5.75 Å². The number of fused-ring (bicyclic) bond motifs is 1. The summed E-state index contributed by atoms with van der Waals surface area (Å²) in [6, 6.07) is 24.7. The van der Waals surface area contributed by atoms with Crippen molar-refractivity contribution in [2.75, 3.05) is 13.2 Å². The largest absolute Gasteiger partial charge is 0.491 e. The van der Waals surface area contributed by atoms with Gasteiger partial charge in [-0.05, 0) is 56.4 Å². The van der Waals surface area contributed by atoms with Crippen LogP contribution in [-0.2, 0) is 27.2 Å². The quantitative estimate of drug-likeness (QED) is 0.325. The number of hydrogen-bond donors (Lipinski definition) is 4. The lowest BCUT2D eigenvalue weighted by Gasteiger charge is -2.30. The molecular formula is C33H38N4O5. The van der Waals surface area contributed by atoms with Gasteiger partial charge in [0.2, 0.25) is 17.7 Å². The van der Waals surface area contributed by atoms with Crippen LogP contribution in [0.5, 0.6) is 5.75 Å². The van der Waals surface area contributed by atoms with Crippen LogP contribution in [0.15, 0.2) is 84.9 Å². The number of ether oxygens (including phenoxy) is 1. The number of amides is 4. The first-order valence-electron chi connectivity index (χ1n) is 14.2. The van der Waals surface area contributed by atoms with E-state index in [1.807, 2.05) is 60.7 Å². The molecule has 3 aromatic rings. The summed E-state index contributed by atoms with van der Waals surface area (Å²) in [5.74, 6) is -1.65. The lowest BCUT2D eigenvalue weighted by Crippen LogP contribution is -2.59. The van der Waals surface area contributed by atoms with Crippen LogP contribution < -0.4 is 26.0 Å². The molecule has 0 aliphatic carbocycles. The SMILES string of the molecule is CC1(C)NC(=O)C[C@@H](C(=O)NCCCc2ccccc2)NC(=O)c2ccccc2OC[C@@H](Cc2ccccc2)NC1=O. The molecule has 0 unspecified atom stereocenters. The molecule has 4 rings (SSSR count). The third-order valence-corrected chi connectivity index (χ3v) is 7.05. The molecular weight excluding hydrogens is 532 g/mol. The Bertz CT molecular complexity index is 1380. The standard InChI is InChI=1S/C33H38N4O5/c1-33(2)32(41)35-25(20-24-14-7-4-8-15-24)22-42-28-18-10-9-17-26(28)30(39)36-27(21-29(38)37-33)31(40)34-19-11-16-23-12-5-3-6-13-23/h3-10,12-15,17-18,25,27H,11,16,19-22H2,1-2H3,(H,34,40)(H,35,41)(H,36,39)(H,37,38)/t25-,27+/m1/s1. The molecule has 42 heavy (non-hydrogen) atoms. The Morgan fingerprint density at radius 1 is 0.881 bits per heavy atom. The van der Waals surface area contributed by atoms with Gasteiger partial charge in [-0.15, -0.1) is 0 Å². The number of hydrogen-bond acceptors (Lipinski definition) is 5. The highest BCUT2D eigenvalue weighted by Crippen LogP contribution is 2.20. The van der Waals surface area contributed by atoms with Gasteiger partial charge in [-0.1, -0.05) is 72.8 Å². The predicted molar refractivity (Wildman–Crippen MR) is 160 cm³/mol. The summed E-state index contributed by atoms with van der Waals surface area (Å²) in [6.45, 7) is 3.65.